The van der Waals surface area contributed by atoms with Crippen LogP contribution in [-0.4, -0.2) is 31.4 Å². The van der Waals surface area contributed by atoms with Gasteiger partial charge in [0.05, 0.1) is 16.7 Å². The molecule has 142 valence electrons. The van der Waals surface area contributed by atoms with Crippen molar-refractivity contribution in [2.24, 2.45) is 0 Å². The number of aromatic nitrogens is 4. The third kappa shape index (κ3) is 3.36. The van der Waals surface area contributed by atoms with E-state index in [2.05, 4.69) is 15.3 Å². The lowest BCUT2D eigenvalue weighted by atomic mass is 10.2. The molecule has 5 rings (SSSR count). The predicted octanol–water partition coefficient (Wildman–Crippen LogP) is 3.65. The van der Waals surface area contributed by atoms with Gasteiger partial charge in [0.15, 0.2) is 0 Å². The zero-order chi connectivity index (χ0) is 19.6. The van der Waals surface area contributed by atoms with Crippen LogP contribution < -0.4 is 5.32 Å². The maximum Gasteiger partial charge on any atom is 0.251 e. The van der Waals surface area contributed by atoms with Crippen molar-refractivity contribution in [2.75, 3.05) is 6.54 Å². The molecule has 0 saturated carbocycles. The second kappa shape index (κ2) is 7.24. The van der Waals surface area contributed by atoms with E-state index in [1.165, 1.54) is 0 Å². The minimum atomic E-state index is -0.0872. The number of hydrogen-bond acceptors (Lipinski definition) is 3. The van der Waals surface area contributed by atoms with E-state index < -0.39 is 0 Å². The normalized spacial score (nSPS) is 11.2. The number of rotatable bonds is 5. The third-order valence-corrected chi connectivity index (χ3v) is 4.94. The van der Waals surface area contributed by atoms with Gasteiger partial charge in [0.25, 0.3) is 5.91 Å². The number of imidazole rings is 2. The van der Waals surface area contributed by atoms with Crippen molar-refractivity contribution in [3.63, 3.8) is 0 Å². The fourth-order valence-corrected chi connectivity index (χ4v) is 3.45. The van der Waals surface area contributed by atoms with Crippen LogP contribution in [0.1, 0.15) is 16.1 Å². The largest absolute Gasteiger partial charge is 0.352 e. The van der Waals surface area contributed by atoms with E-state index in [9.17, 15) is 4.79 Å². The monoisotopic (exact) mass is 381 g/mol. The zero-order valence-corrected chi connectivity index (χ0v) is 15.7. The SMILES string of the molecule is O=C(NCCc1cn2ccccc2n1)c1ccc(-n2cnc3ccccc32)cc1. The van der Waals surface area contributed by atoms with Gasteiger partial charge in [-0.1, -0.05) is 18.2 Å². The number of pyridine rings is 1. The van der Waals surface area contributed by atoms with Gasteiger partial charge >= 0.3 is 0 Å². The van der Waals surface area contributed by atoms with Crippen molar-refractivity contribution in [2.45, 2.75) is 6.42 Å². The molecule has 29 heavy (non-hydrogen) atoms. The Morgan fingerprint density at radius 3 is 2.66 bits per heavy atom. The molecular weight excluding hydrogens is 362 g/mol. The van der Waals surface area contributed by atoms with Crippen molar-refractivity contribution in [3.05, 3.63) is 96.7 Å². The number of nitrogens with zero attached hydrogens (tertiary/aromatic N) is 4. The molecule has 5 aromatic rings. The molecule has 0 saturated heterocycles. The molecule has 1 N–H and O–H groups in total. The van der Waals surface area contributed by atoms with Crippen molar-refractivity contribution >= 4 is 22.6 Å². The highest BCUT2D eigenvalue weighted by Crippen LogP contribution is 2.18. The van der Waals surface area contributed by atoms with Crippen molar-refractivity contribution in [3.8, 4) is 5.69 Å². The molecule has 0 aliphatic heterocycles. The van der Waals surface area contributed by atoms with Crippen LogP contribution in [0.25, 0.3) is 22.4 Å². The number of nitrogens with one attached hydrogen (secondary N) is 1. The second-order valence-electron chi connectivity index (χ2n) is 6.85. The van der Waals surface area contributed by atoms with E-state index in [-0.39, 0.29) is 5.91 Å². The molecule has 0 atom stereocenters. The maximum absolute atomic E-state index is 12.5. The number of hydrogen-bond donors (Lipinski definition) is 1. The number of benzene rings is 2. The van der Waals surface area contributed by atoms with Crippen molar-refractivity contribution < 1.29 is 4.79 Å². The maximum atomic E-state index is 12.5. The Balaban J connectivity index is 1.24. The fourth-order valence-electron chi connectivity index (χ4n) is 3.45. The smallest absolute Gasteiger partial charge is 0.251 e. The van der Waals surface area contributed by atoms with Crippen LogP contribution in [0.5, 0.6) is 0 Å². The summed E-state index contributed by atoms with van der Waals surface area (Å²) in [5.41, 5.74) is 5.46. The molecule has 6 nitrogen and oxygen atoms in total. The van der Waals surface area contributed by atoms with Gasteiger partial charge in [0.1, 0.15) is 12.0 Å². The van der Waals surface area contributed by atoms with E-state index in [1.54, 1.807) is 6.33 Å². The quantitative estimate of drug-likeness (QED) is 0.505. The predicted molar refractivity (Wildman–Crippen MR) is 112 cm³/mol. The van der Waals surface area contributed by atoms with Crippen LogP contribution in [0.3, 0.4) is 0 Å². The van der Waals surface area contributed by atoms with Gasteiger partial charge in [0, 0.05) is 36.6 Å². The Kier molecular flexibility index (Phi) is 4.29. The van der Waals surface area contributed by atoms with E-state index in [1.807, 2.05) is 88.1 Å². The number of carbonyl (C=O) groups excluding carboxylic acids is 1. The second-order valence-corrected chi connectivity index (χ2v) is 6.85. The average Bonchev–Trinajstić information content (AvgIpc) is 3.37. The molecule has 0 spiro atoms. The number of para-hydroxylation sites is 2. The third-order valence-electron chi connectivity index (χ3n) is 4.94. The van der Waals surface area contributed by atoms with Gasteiger partial charge < -0.3 is 9.72 Å². The summed E-state index contributed by atoms with van der Waals surface area (Å²) in [5, 5.41) is 2.97. The number of fused-ring (bicyclic) bond motifs is 2. The highest BCUT2D eigenvalue weighted by molar-refractivity contribution is 5.94. The summed E-state index contributed by atoms with van der Waals surface area (Å²) >= 11 is 0. The van der Waals surface area contributed by atoms with E-state index >= 15 is 0 Å². The summed E-state index contributed by atoms with van der Waals surface area (Å²) in [6.07, 6.45) is 6.45. The molecule has 0 unspecified atom stereocenters. The minimum Gasteiger partial charge on any atom is -0.352 e. The molecular formula is C23H19N5O. The standard InChI is InChI=1S/C23H19N5O/c29-23(24-13-12-18-15-27-14-4-3-7-22(27)26-18)17-8-10-19(11-9-17)28-16-25-20-5-1-2-6-21(20)28/h1-11,14-16H,12-13H2,(H,24,29). The van der Waals surface area contributed by atoms with Gasteiger partial charge in [-0.2, -0.15) is 0 Å². The van der Waals surface area contributed by atoms with Gasteiger partial charge in [-0.15, -0.1) is 0 Å². The van der Waals surface area contributed by atoms with Crippen LogP contribution in [0.4, 0.5) is 0 Å². The minimum absolute atomic E-state index is 0.0872. The van der Waals surface area contributed by atoms with Gasteiger partial charge in [0.2, 0.25) is 0 Å². The van der Waals surface area contributed by atoms with Gasteiger partial charge in [-0.05, 0) is 48.5 Å². The number of carbonyl (C=O) groups is 1. The lowest BCUT2D eigenvalue weighted by Gasteiger charge is -2.07. The lowest BCUT2D eigenvalue weighted by Crippen LogP contribution is -2.25. The Labute approximate surface area is 167 Å². The van der Waals surface area contributed by atoms with Crippen LogP contribution in [-0.2, 0) is 6.42 Å². The first-order chi connectivity index (χ1) is 14.3. The molecule has 0 bridgehead atoms. The van der Waals surface area contributed by atoms with Crippen LogP contribution in [0.15, 0.2) is 85.5 Å². The van der Waals surface area contributed by atoms with E-state index in [0.29, 0.717) is 18.5 Å². The Hall–Kier alpha value is -3.93. The highest BCUT2D eigenvalue weighted by Gasteiger charge is 2.08. The molecule has 0 aliphatic rings. The topological polar surface area (TPSA) is 64.2 Å². The summed E-state index contributed by atoms with van der Waals surface area (Å²) in [6, 6.07) is 21.4. The van der Waals surface area contributed by atoms with Crippen molar-refractivity contribution in [1.29, 1.82) is 0 Å². The molecule has 6 heteroatoms. The summed E-state index contributed by atoms with van der Waals surface area (Å²) < 4.78 is 4.00. The Bertz CT molecular complexity index is 1270. The molecule has 3 aromatic heterocycles. The lowest BCUT2D eigenvalue weighted by molar-refractivity contribution is 0.0954. The van der Waals surface area contributed by atoms with Crippen molar-refractivity contribution in [1.82, 2.24) is 24.3 Å². The van der Waals surface area contributed by atoms with Crippen LogP contribution in [0.2, 0.25) is 0 Å². The Morgan fingerprint density at radius 2 is 1.79 bits per heavy atom. The summed E-state index contributed by atoms with van der Waals surface area (Å²) in [4.78, 5) is 21.4. The molecule has 0 radical (unpaired) electrons. The fraction of sp³-hybridized carbons (Fsp3) is 0.0870. The molecule has 2 aromatic carbocycles. The zero-order valence-electron chi connectivity index (χ0n) is 15.7. The first-order valence-electron chi connectivity index (χ1n) is 9.51. The average molecular weight is 381 g/mol. The summed E-state index contributed by atoms with van der Waals surface area (Å²) in [7, 11) is 0. The summed E-state index contributed by atoms with van der Waals surface area (Å²) in [6.45, 7) is 0.538. The summed E-state index contributed by atoms with van der Waals surface area (Å²) in [5.74, 6) is -0.0872. The van der Waals surface area contributed by atoms with E-state index in [4.69, 9.17) is 0 Å². The van der Waals surface area contributed by atoms with Gasteiger partial charge in [-0.25, -0.2) is 9.97 Å². The highest BCUT2D eigenvalue weighted by atomic mass is 16.1. The molecule has 0 aliphatic carbocycles. The first kappa shape index (κ1) is 17.2. The molecule has 0 fully saturated rings. The van der Waals surface area contributed by atoms with Crippen LogP contribution >= 0.6 is 0 Å². The van der Waals surface area contributed by atoms with Crippen LogP contribution in [0, 0.1) is 0 Å². The molecule has 1 amide bonds. The number of amides is 1. The Morgan fingerprint density at radius 1 is 0.966 bits per heavy atom. The van der Waals surface area contributed by atoms with E-state index in [0.717, 1.165) is 28.1 Å². The van der Waals surface area contributed by atoms with Gasteiger partial charge in [-0.3, -0.25) is 9.36 Å². The molecule has 3 heterocycles. The first-order valence-corrected chi connectivity index (χ1v) is 9.51.